The monoisotopic (exact) mass is 260 g/mol. The number of nitriles is 1. The minimum Gasteiger partial charge on any atom is -0.378 e. The van der Waals surface area contributed by atoms with Crippen LogP contribution in [0.5, 0.6) is 0 Å². The molecule has 1 aliphatic rings. The zero-order chi connectivity index (χ0) is 13.7. The van der Waals surface area contributed by atoms with Crippen molar-refractivity contribution in [1.82, 2.24) is 4.90 Å². The predicted molar refractivity (Wildman–Crippen MR) is 67.6 cm³/mol. The number of rotatable bonds is 2. The van der Waals surface area contributed by atoms with Gasteiger partial charge in [-0.05, 0) is 23.8 Å². The number of hydrogen-bond donors (Lipinski definition) is 0. The highest BCUT2D eigenvalue weighted by Crippen LogP contribution is 2.13. The van der Waals surface area contributed by atoms with Crippen molar-refractivity contribution in [2.24, 2.45) is 0 Å². The Morgan fingerprint density at radius 1 is 1.32 bits per heavy atom. The molecule has 1 fully saturated rings. The van der Waals surface area contributed by atoms with E-state index < -0.39 is 11.7 Å². The number of ether oxygens (including phenoxy) is 1. The number of halogens is 1. The minimum atomic E-state index is -0.799. The third-order valence-corrected chi connectivity index (χ3v) is 2.84. The Morgan fingerprint density at radius 3 is 2.53 bits per heavy atom. The number of hydrogen-bond acceptors (Lipinski definition) is 3. The van der Waals surface area contributed by atoms with E-state index in [0.29, 0.717) is 37.4 Å². The van der Waals surface area contributed by atoms with E-state index in [1.165, 1.54) is 11.0 Å². The molecule has 0 atom stereocenters. The molecule has 0 bridgehead atoms. The lowest BCUT2D eigenvalue weighted by molar-refractivity contribution is -0.132. The Kier molecular flexibility index (Phi) is 4.26. The van der Waals surface area contributed by atoms with Crippen LogP contribution >= 0.6 is 0 Å². The summed E-state index contributed by atoms with van der Waals surface area (Å²) in [4.78, 5) is 13.2. The Hall–Kier alpha value is -2.19. The zero-order valence-corrected chi connectivity index (χ0v) is 10.3. The van der Waals surface area contributed by atoms with E-state index in [4.69, 9.17) is 10.00 Å². The van der Waals surface area contributed by atoms with Gasteiger partial charge < -0.3 is 9.64 Å². The predicted octanol–water partition coefficient (Wildman–Crippen LogP) is 1.73. The third-order valence-electron chi connectivity index (χ3n) is 2.84. The maximum atomic E-state index is 13.8. The van der Waals surface area contributed by atoms with Crippen LogP contribution in [0.2, 0.25) is 0 Å². The van der Waals surface area contributed by atoms with E-state index in [0.717, 1.165) is 0 Å². The molecule has 1 heterocycles. The fraction of sp³-hybridized carbons (Fsp3) is 0.286. The Morgan fingerprint density at radius 2 is 1.95 bits per heavy atom. The Balaban J connectivity index is 2.08. The fourth-order valence-corrected chi connectivity index (χ4v) is 1.78. The van der Waals surface area contributed by atoms with Crippen molar-refractivity contribution in [2.45, 2.75) is 0 Å². The molecule has 1 aromatic rings. The molecule has 1 aromatic carbocycles. The molecule has 0 N–H and O–H groups in total. The molecular formula is C14H13FN2O2. The number of amides is 1. The molecule has 98 valence electrons. The number of nitrogens with zero attached hydrogens (tertiary/aromatic N) is 2. The SMILES string of the molecule is N#Cc1ccc(/C=C(\F)C(=O)N2CCOCC2)cc1. The molecule has 1 aliphatic heterocycles. The highest BCUT2D eigenvalue weighted by atomic mass is 19.1. The molecular weight excluding hydrogens is 247 g/mol. The van der Waals surface area contributed by atoms with E-state index in [1.807, 2.05) is 6.07 Å². The van der Waals surface area contributed by atoms with Gasteiger partial charge in [-0.1, -0.05) is 12.1 Å². The molecule has 0 aliphatic carbocycles. The first-order valence-corrected chi connectivity index (χ1v) is 5.95. The van der Waals surface area contributed by atoms with Crippen LogP contribution in [0.25, 0.3) is 6.08 Å². The van der Waals surface area contributed by atoms with Gasteiger partial charge in [-0.15, -0.1) is 0 Å². The number of morpholine rings is 1. The summed E-state index contributed by atoms with van der Waals surface area (Å²) >= 11 is 0. The molecule has 1 saturated heterocycles. The molecule has 5 heteroatoms. The lowest BCUT2D eigenvalue weighted by atomic mass is 10.1. The highest BCUT2D eigenvalue weighted by Gasteiger charge is 2.20. The van der Waals surface area contributed by atoms with Gasteiger partial charge in [0.1, 0.15) is 0 Å². The molecule has 1 amide bonds. The van der Waals surface area contributed by atoms with Crippen molar-refractivity contribution in [2.75, 3.05) is 26.3 Å². The summed E-state index contributed by atoms with van der Waals surface area (Å²) < 4.78 is 18.9. The smallest absolute Gasteiger partial charge is 0.282 e. The van der Waals surface area contributed by atoms with E-state index in [9.17, 15) is 9.18 Å². The lowest BCUT2D eigenvalue weighted by Crippen LogP contribution is -2.40. The van der Waals surface area contributed by atoms with Crippen LogP contribution in [-0.4, -0.2) is 37.1 Å². The van der Waals surface area contributed by atoms with Gasteiger partial charge in [-0.3, -0.25) is 4.79 Å². The average Bonchev–Trinajstić information content (AvgIpc) is 2.48. The Labute approximate surface area is 110 Å². The van der Waals surface area contributed by atoms with Gasteiger partial charge in [-0.2, -0.15) is 5.26 Å². The molecule has 0 spiro atoms. The van der Waals surface area contributed by atoms with Crippen LogP contribution in [0.4, 0.5) is 4.39 Å². The standard InChI is InChI=1S/C14H13FN2O2/c15-13(14(18)17-5-7-19-8-6-17)9-11-1-3-12(10-16)4-2-11/h1-4,9H,5-8H2/b13-9-. The lowest BCUT2D eigenvalue weighted by Gasteiger charge is -2.26. The van der Waals surface area contributed by atoms with Crippen molar-refractivity contribution in [3.8, 4) is 6.07 Å². The summed E-state index contributed by atoms with van der Waals surface area (Å²) in [5.74, 6) is -1.42. The number of carbonyl (C=O) groups is 1. The van der Waals surface area contributed by atoms with Crippen molar-refractivity contribution in [3.05, 3.63) is 41.2 Å². The van der Waals surface area contributed by atoms with E-state index in [2.05, 4.69) is 0 Å². The fourth-order valence-electron chi connectivity index (χ4n) is 1.78. The molecule has 0 aromatic heterocycles. The van der Waals surface area contributed by atoms with Crippen LogP contribution in [0, 0.1) is 11.3 Å². The topological polar surface area (TPSA) is 53.3 Å². The van der Waals surface area contributed by atoms with E-state index in [1.54, 1.807) is 24.3 Å². The van der Waals surface area contributed by atoms with Gasteiger partial charge in [0.2, 0.25) is 0 Å². The van der Waals surface area contributed by atoms with Gasteiger partial charge >= 0.3 is 0 Å². The van der Waals surface area contributed by atoms with Gasteiger partial charge in [0.15, 0.2) is 5.83 Å². The second kappa shape index (κ2) is 6.12. The molecule has 0 radical (unpaired) electrons. The molecule has 0 saturated carbocycles. The van der Waals surface area contributed by atoms with Crippen LogP contribution in [0.3, 0.4) is 0 Å². The molecule has 19 heavy (non-hydrogen) atoms. The van der Waals surface area contributed by atoms with Gasteiger partial charge in [-0.25, -0.2) is 4.39 Å². The summed E-state index contributed by atoms with van der Waals surface area (Å²) in [7, 11) is 0. The van der Waals surface area contributed by atoms with Crippen LogP contribution in [0.1, 0.15) is 11.1 Å². The average molecular weight is 260 g/mol. The highest BCUT2D eigenvalue weighted by molar-refractivity contribution is 5.95. The summed E-state index contributed by atoms with van der Waals surface area (Å²) in [5.41, 5.74) is 1.05. The molecule has 0 unspecified atom stereocenters. The summed E-state index contributed by atoms with van der Waals surface area (Å²) in [6, 6.07) is 8.35. The van der Waals surface area contributed by atoms with Crippen molar-refractivity contribution in [1.29, 1.82) is 5.26 Å². The number of benzene rings is 1. The van der Waals surface area contributed by atoms with Crippen LogP contribution < -0.4 is 0 Å². The van der Waals surface area contributed by atoms with Gasteiger partial charge in [0.05, 0.1) is 24.8 Å². The maximum absolute atomic E-state index is 13.8. The molecule has 2 rings (SSSR count). The van der Waals surface area contributed by atoms with Crippen LogP contribution in [0.15, 0.2) is 30.1 Å². The summed E-state index contributed by atoms with van der Waals surface area (Å²) in [6.07, 6.45) is 1.18. The maximum Gasteiger partial charge on any atom is 0.282 e. The van der Waals surface area contributed by atoms with Crippen molar-refractivity contribution in [3.63, 3.8) is 0 Å². The molecule has 4 nitrogen and oxygen atoms in total. The summed E-state index contributed by atoms with van der Waals surface area (Å²) in [5, 5.41) is 8.66. The second-order valence-corrected chi connectivity index (χ2v) is 4.13. The van der Waals surface area contributed by atoms with Crippen molar-refractivity contribution < 1.29 is 13.9 Å². The zero-order valence-electron chi connectivity index (χ0n) is 10.3. The van der Waals surface area contributed by atoms with Gasteiger partial charge in [0, 0.05) is 13.1 Å². The third kappa shape index (κ3) is 3.39. The first-order valence-electron chi connectivity index (χ1n) is 5.95. The Bertz CT molecular complexity index is 525. The normalized spacial score (nSPS) is 16.0. The largest absolute Gasteiger partial charge is 0.378 e. The minimum absolute atomic E-state index is 0.410. The van der Waals surface area contributed by atoms with Gasteiger partial charge in [0.25, 0.3) is 5.91 Å². The quantitative estimate of drug-likeness (QED) is 0.761. The number of carbonyl (C=O) groups excluding carboxylic acids is 1. The van der Waals surface area contributed by atoms with E-state index >= 15 is 0 Å². The van der Waals surface area contributed by atoms with Crippen LogP contribution in [-0.2, 0) is 9.53 Å². The second-order valence-electron chi connectivity index (χ2n) is 4.13. The van der Waals surface area contributed by atoms with Crippen molar-refractivity contribution >= 4 is 12.0 Å². The summed E-state index contributed by atoms with van der Waals surface area (Å²) in [6.45, 7) is 1.70. The van der Waals surface area contributed by atoms with E-state index in [-0.39, 0.29) is 0 Å². The first-order chi connectivity index (χ1) is 9.20. The first kappa shape index (κ1) is 13.2.